The Kier molecular flexibility index (Phi) is 7.76. The van der Waals surface area contributed by atoms with Gasteiger partial charge in [0, 0.05) is 24.6 Å². The minimum Gasteiger partial charge on any atom is -0.387 e. The van der Waals surface area contributed by atoms with E-state index in [0.717, 1.165) is 5.57 Å². The average molecular weight is 252 g/mol. The van der Waals surface area contributed by atoms with Crippen molar-refractivity contribution in [2.45, 2.75) is 33.6 Å². The van der Waals surface area contributed by atoms with Gasteiger partial charge in [-0.3, -0.25) is 9.59 Å². The van der Waals surface area contributed by atoms with Crippen LogP contribution >= 0.6 is 0 Å². The van der Waals surface area contributed by atoms with Crippen LogP contribution in [0.5, 0.6) is 0 Å². The minimum atomic E-state index is -0.0764. The number of Topliss-reactive ketones (excluding diaryl/α,β-unsaturated/α-hetero) is 1. The van der Waals surface area contributed by atoms with Crippen LogP contribution in [0, 0.1) is 5.92 Å². The summed E-state index contributed by atoms with van der Waals surface area (Å²) in [6.07, 6.45) is 1.16. The monoisotopic (exact) mass is 252 g/mol. The number of carbonyl (C=O) groups excluding carboxylic acids is 2. The van der Waals surface area contributed by atoms with Crippen LogP contribution in [0.15, 0.2) is 24.4 Å². The summed E-state index contributed by atoms with van der Waals surface area (Å²) in [5.41, 5.74) is 1.71. The van der Waals surface area contributed by atoms with Gasteiger partial charge in [0.15, 0.2) is 0 Å². The highest BCUT2D eigenvalue weighted by molar-refractivity contribution is 5.78. The van der Waals surface area contributed by atoms with Crippen LogP contribution in [0.1, 0.15) is 33.6 Å². The molecule has 4 nitrogen and oxygen atoms in total. The molecule has 1 atom stereocenters. The minimum absolute atomic E-state index is 0.00693. The van der Waals surface area contributed by atoms with Crippen molar-refractivity contribution in [3.8, 4) is 0 Å². The molecule has 0 aromatic rings. The summed E-state index contributed by atoms with van der Waals surface area (Å²) in [6, 6.07) is 0. The van der Waals surface area contributed by atoms with Crippen molar-refractivity contribution in [3.63, 3.8) is 0 Å². The Morgan fingerprint density at radius 3 is 2.28 bits per heavy atom. The fraction of sp³-hybridized carbons (Fsp3) is 0.571. The molecule has 0 spiro atoms. The lowest BCUT2D eigenvalue weighted by Gasteiger charge is -2.14. The van der Waals surface area contributed by atoms with Crippen molar-refractivity contribution < 1.29 is 9.59 Å². The summed E-state index contributed by atoms with van der Waals surface area (Å²) in [5, 5.41) is 5.80. The molecule has 0 saturated carbocycles. The summed E-state index contributed by atoms with van der Waals surface area (Å²) >= 11 is 0. The zero-order chi connectivity index (χ0) is 14.1. The zero-order valence-electron chi connectivity index (χ0n) is 11.6. The molecule has 0 heterocycles. The molecule has 18 heavy (non-hydrogen) atoms. The van der Waals surface area contributed by atoms with Gasteiger partial charge in [-0.15, -0.1) is 6.58 Å². The van der Waals surface area contributed by atoms with Crippen LogP contribution in [0.3, 0.4) is 0 Å². The van der Waals surface area contributed by atoms with Crippen LogP contribution in [0.4, 0.5) is 0 Å². The Morgan fingerprint density at radius 2 is 1.78 bits per heavy atom. The topological polar surface area (TPSA) is 58.2 Å². The molecule has 0 aliphatic rings. The molecule has 102 valence electrons. The molecule has 2 N–H and O–H groups in total. The lowest BCUT2D eigenvalue weighted by atomic mass is 10.0. The van der Waals surface area contributed by atoms with Crippen molar-refractivity contribution in [1.29, 1.82) is 0 Å². The van der Waals surface area contributed by atoms with Crippen molar-refractivity contribution in [2.75, 3.05) is 13.1 Å². The first kappa shape index (κ1) is 16.4. The van der Waals surface area contributed by atoms with Gasteiger partial charge in [0.05, 0.1) is 6.54 Å². The quantitative estimate of drug-likeness (QED) is 0.615. The number of rotatable bonds is 9. The molecule has 0 aliphatic heterocycles. The summed E-state index contributed by atoms with van der Waals surface area (Å²) in [7, 11) is 0. The molecule has 0 rings (SSSR count). The number of allylic oxidation sites excluding steroid dienone is 1. The van der Waals surface area contributed by atoms with E-state index in [2.05, 4.69) is 23.8 Å². The van der Waals surface area contributed by atoms with Gasteiger partial charge < -0.3 is 10.6 Å². The van der Waals surface area contributed by atoms with Gasteiger partial charge >= 0.3 is 0 Å². The van der Waals surface area contributed by atoms with Gasteiger partial charge in [-0.25, -0.2) is 0 Å². The molecule has 0 radical (unpaired) electrons. The number of hydrogen-bond acceptors (Lipinski definition) is 3. The van der Waals surface area contributed by atoms with Crippen molar-refractivity contribution in [1.82, 2.24) is 10.6 Å². The Morgan fingerprint density at radius 1 is 1.17 bits per heavy atom. The van der Waals surface area contributed by atoms with E-state index in [9.17, 15) is 9.59 Å². The molecule has 4 heteroatoms. The summed E-state index contributed by atoms with van der Waals surface area (Å²) < 4.78 is 0. The Balaban J connectivity index is 3.80. The van der Waals surface area contributed by atoms with E-state index in [4.69, 9.17) is 0 Å². The third-order valence-electron chi connectivity index (χ3n) is 2.43. The average Bonchev–Trinajstić information content (AvgIpc) is 2.24. The van der Waals surface area contributed by atoms with Crippen LogP contribution in [0.2, 0.25) is 0 Å². The van der Waals surface area contributed by atoms with Gasteiger partial charge in [-0.2, -0.15) is 0 Å². The van der Waals surface area contributed by atoms with Gasteiger partial charge in [-0.1, -0.05) is 19.1 Å². The predicted octanol–water partition coefficient (Wildman–Crippen LogP) is 1.79. The second kappa shape index (κ2) is 8.50. The number of carbonyl (C=O) groups is 2. The molecule has 0 bridgehead atoms. The SMILES string of the molecule is C=C(C)CC(C)C(=O)NCC(=C)NCCC(C)=O. The lowest BCUT2D eigenvalue weighted by molar-refractivity contribution is -0.124. The molecular weight excluding hydrogens is 228 g/mol. The second-order valence-electron chi connectivity index (χ2n) is 4.76. The number of hydrogen-bond donors (Lipinski definition) is 2. The standard InChI is InChI=1S/C14H24N2O2/c1-10(2)8-11(3)14(18)16-9-12(4)15-7-6-13(5)17/h11,15H,1,4,6-9H2,2-3,5H3,(H,16,18). The summed E-state index contributed by atoms with van der Waals surface area (Å²) in [5.74, 6) is 0.0504. The molecular formula is C14H24N2O2. The van der Waals surface area contributed by atoms with Gasteiger partial charge in [0.25, 0.3) is 0 Å². The molecule has 0 fully saturated rings. The van der Waals surface area contributed by atoms with E-state index >= 15 is 0 Å². The third-order valence-corrected chi connectivity index (χ3v) is 2.43. The van der Waals surface area contributed by atoms with Gasteiger partial charge in [0.2, 0.25) is 5.91 Å². The maximum Gasteiger partial charge on any atom is 0.223 e. The normalized spacial score (nSPS) is 11.5. The van der Waals surface area contributed by atoms with Crippen LogP contribution < -0.4 is 10.6 Å². The first-order valence-electron chi connectivity index (χ1n) is 6.16. The summed E-state index contributed by atoms with van der Waals surface area (Å²) in [6.45, 7) is 13.9. The molecule has 0 saturated heterocycles. The lowest BCUT2D eigenvalue weighted by Crippen LogP contribution is -2.34. The fourth-order valence-corrected chi connectivity index (χ4v) is 1.46. The molecule has 1 amide bonds. The maximum atomic E-state index is 11.7. The van der Waals surface area contributed by atoms with Crippen molar-refractivity contribution >= 4 is 11.7 Å². The van der Waals surface area contributed by atoms with Crippen LogP contribution in [-0.4, -0.2) is 24.8 Å². The van der Waals surface area contributed by atoms with E-state index in [0.29, 0.717) is 31.6 Å². The van der Waals surface area contributed by atoms with E-state index in [1.807, 2.05) is 13.8 Å². The van der Waals surface area contributed by atoms with Crippen LogP contribution in [0.25, 0.3) is 0 Å². The van der Waals surface area contributed by atoms with E-state index in [1.54, 1.807) is 6.92 Å². The first-order valence-corrected chi connectivity index (χ1v) is 6.16. The number of nitrogens with one attached hydrogen (secondary N) is 2. The fourth-order valence-electron chi connectivity index (χ4n) is 1.46. The highest BCUT2D eigenvalue weighted by Crippen LogP contribution is 2.08. The smallest absolute Gasteiger partial charge is 0.223 e. The highest BCUT2D eigenvalue weighted by atomic mass is 16.1. The Bertz CT molecular complexity index is 335. The largest absolute Gasteiger partial charge is 0.387 e. The Hall–Kier alpha value is -1.58. The van der Waals surface area contributed by atoms with Crippen molar-refractivity contribution in [2.24, 2.45) is 5.92 Å². The first-order chi connectivity index (χ1) is 8.32. The molecule has 1 unspecified atom stereocenters. The summed E-state index contributed by atoms with van der Waals surface area (Å²) in [4.78, 5) is 22.4. The zero-order valence-corrected chi connectivity index (χ0v) is 11.6. The van der Waals surface area contributed by atoms with E-state index in [1.165, 1.54) is 0 Å². The second-order valence-corrected chi connectivity index (χ2v) is 4.76. The van der Waals surface area contributed by atoms with Crippen molar-refractivity contribution in [3.05, 3.63) is 24.4 Å². The number of amides is 1. The molecule has 0 aromatic heterocycles. The third kappa shape index (κ3) is 8.56. The molecule has 0 aromatic carbocycles. The maximum absolute atomic E-state index is 11.7. The highest BCUT2D eigenvalue weighted by Gasteiger charge is 2.12. The Labute approximate surface area is 110 Å². The van der Waals surface area contributed by atoms with Gasteiger partial charge in [-0.05, 0) is 20.3 Å². The predicted molar refractivity (Wildman–Crippen MR) is 74.0 cm³/mol. The van der Waals surface area contributed by atoms with E-state index in [-0.39, 0.29) is 17.6 Å². The van der Waals surface area contributed by atoms with Gasteiger partial charge in [0.1, 0.15) is 5.78 Å². The van der Waals surface area contributed by atoms with Crippen LogP contribution in [-0.2, 0) is 9.59 Å². The van der Waals surface area contributed by atoms with E-state index < -0.39 is 0 Å². The molecule has 0 aliphatic carbocycles. The number of ketones is 1.